The number of methoxy groups -OCH3 is 1. The molecule has 8 heteroatoms. The zero-order chi connectivity index (χ0) is 23.0. The molecule has 32 heavy (non-hydrogen) atoms. The third kappa shape index (κ3) is 3.49. The predicted molar refractivity (Wildman–Crippen MR) is 113 cm³/mol. The van der Waals surface area contributed by atoms with Crippen molar-refractivity contribution in [1.29, 1.82) is 0 Å². The van der Waals surface area contributed by atoms with Gasteiger partial charge in [-0.25, -0.2) is 8.78 Å². The number of aliphatic hydroxyl groups is 1. The van der Waals surface area contributed by atoms with Crippen molar-refractivity contribution in [1.82, 2.24) is 4.98 Å². The first-order chi connectivity index (χ1) is 15.3. The summed E-state index contributed by atoms with van der Waals surface area (Å²) in [6.45, 7) is 1.72. The van der Waals surface area contributed by atoms with E-state index in [1.807, 2.05) is 0 Å². The highest BCUT2D eigenvalue weighted by molar-refractivity contribution is 6.51. The smallest absolute Gasteiger partial charge is 0.300 e. The molecule has 0 aliphatic carbocycles. The number of aryl methyl sites for hydroxylation is 1. The van der Waals surface area contributed by atoms with Crippen LogP contribution in [0.5, 0.6) is 5.75 Å². The fraction of sp³-hybridized carbons (Fsp3) is 0.125. The molecule has 1 aliphatic heterocycles. The van der Waals surface area contributed by atoms with E-state index in [4.69, 9.17) is 4.74 Å². The van der Waals surface area contributed by atoms with Crippen molar-refractivity contribution in [3.05, 3.63) is 94.8 Å². The van der Waals surface area contributed by atoms with Gasteiger partial charge >= 0.3 is 0 Å². The number of ketones is 1. The quantitative estimate of drug-likeness (QED) is 0.375. The van der Waals surface area contributed by atoms with Crippen LogP contribution < -0.4 is 9.64 Å². The highest BCUT2D eigenvalue weighted by atomic mass is 19.2. The Labute approximate surface area is 182 Å². The van der Waals surface area contributed by atoms with Gasteiger partial charge in [0.25, 0.3) is 11.7 Å². The molecule has 4 rings (SSSR count). The van der Waals surface area contributed by atoms with Crippen LogP contribution in [0, 0.1) is 18.6 Å². The molecule has 3 aromatic rings. The maximum absolute atomic E-state index is 13.9. The van der Waals surface area contributed by atoms with E-state index in [-0.39, 0.29) is 17.0 Å². The Balaban J connectivity index is 1.95. The maximum Gasteiger partial charge on any atom is 0.300 e. The Hall–Kier alpha value is -4.07. The van der Waals surface area contributed by atoms with E-state index in [1.165, 1.54) is 19.4 Å². The zero-order valence-corrected chi connectivity index (χ0v) is 17.2. The number of ether oxygens (including phenoxy) is 1. The lowest BCUT2D eigenvalue weighted by atomic mass is 9.96. The van der Waals surface area contributed by atoms with Crippen LogP contribution in [0.25, 0.3) is 5.76 Å². The van der Waals surface area contributed by atoms with Crippen molar-refractivity contribution in [3.8, 4) is 5.75 Å². The molecule has 1 fully saturated rings. The molecule has 0 radical (unpaired) electrons. The summed E-state index contributed by atoms with van der Waals surface area (Å²) in [6, 6.07) is 11.5. The largest absolute Gasteiger partial charge is 0.507 e. The molecule has 1 aromatic heterocycles. The fourth-order valence-corrected chi connectivity index (χ4v) is 3.73. The summed E-state index contributed by atoms with van der Waals surface area (Å²) in [7, 11) is 1.50. The summed E-state index contributed by atoms with van der Waals surface area (Å²) in [6.07, 6.45) is 1.47. The van der Waals surface area contributed by atoms with Gasteiger partial charge in [0, 0.05) is 23.5 Å². The zero-order valence-electron chi connectivity index (χ0n) is 17.2. The summed E-state index contributed by atoms with van der Waals surface area (Å²) in [5.74, 6) is -4.05. The third-order valence-corrected chi connectivity index (χ3v) is 5.28. The van der Waals surface area contributed by atoms with Crippen molar-refractivity contribution in [3.63, 3.8) is 0 Å². The number of amides is 1. The van der Waals surface area contributed by atoms with Gasteiger partial charge in [0.05, 0.1) is 18.4 Å². The molecule has 1 amide bonds. The highest BCUT2D eigenvalue weighted by Gasteiger charge is 2.47. The molecule has 0 spiro atoms. The number of anilines is 1. The monoisotopic (exact) mass is 436 g/mol. The minimum absolute atomic E-state index is 0.0350. The Morgan fingerprint density at radius 2 is 1.84 bits per heavy atom. The maximum atomic E-state index is 13.9. The second-order valence-electron chi connectivity index (χ2n) is 7.20. The Morgan fingerprint density at radius 1 is 1.06 bits per heavy atom. The van der Waals surface area contributed by atoms with Crippen LogP contribution in [0.1, 0.15) is 22.9 Å². The minimum Gasteiger partial charge on any atom is -0.507 e. The first kappa shape index (κ1) is 21.2. The van der Waals surface area contributed by atoms with E-state index in [0.29, 0.717) is 16.9 Å². The Kier molecular flexibility index (Phi) is 5.44. The summed E-state index contributed by atoms with van der Waals surface area (Å²) in [4.78, 5) is 31.3. The van der Waals surface area contributed by atoms with Crippen LogP contribution in [-0.2, 0) is 9.59 Å². The van der Waals surface area contributed by atoms with Gasteiger partial charge in [-0.15, -0.1) is 0 Å². The molecule has 0 saturated carbocycles. The second kappa shape index (κ2) is 8.22. The van der Waals surface area contributed by atoms with Crippen LogP contribution in [0.2, 0.25) is 0 Å². The third-order valence-electron chi connectivity index (χ3n) is 5.28. The number of Topliss-reactive ketones (excluding diaryl/α,β-unsaturated/α-hetero) is 1. The van der Waals surface area contributed by atoms with Crippen LogP contribution in [0.3, 0.4) is 0 Å². The summed E-state index contributed by atoms with van der Waals surface area (Å²) in [5.41, 5.74) is 0.985. The summed E-state index contributed by atoms with van der Waals surface area (Å²) < 4.78 is 32.6. The number of benzene rings is 2. The molecule has 1 N–H and O–H groups in total. The molecule has 2 heterocycles. The number of rotatable bonds is 4. The van der Waals surface area contributed by atoms with Gasteiger partial charge in [-0.05, 0) is 55.0 Å². The van der Waals surface area contributed by atoms with Gasteiger partial charge in [0.15, 0.2) is 11.6 Å². The number of carbonyl (C=O) groups is 2. The van der Waals surface area contributed by atoms with E-state index < -0.39 is 35.1 Å². The number of hydrogen-bond donors (Lipinski definition) is 1. The number of hydrogen-bond acceptors (Lipinski definition) is 5. The minimum atomic E-state index is -1.17. The normalized spacial score (nSPS) is 17.6. The fourth-order valence-electron chi connectivity index (χ4n) is 3.73. The Morgan fingerprint density at radius 3 is 2.47 bits per heavy atom. The number of pyridine rings is 1. The number of nitrogens with zero attached hydrogens (tertiary/aromatic N) is 2. The lowest BCUT2D eigenvalue weighted by molar-refractivity contribution is -0.132. The number of carbonyl (C=O) groups excluding carboxylic acids is 2. The van der Waals surface area contributed by atoms with E-state index in [0.717, 1.165) is 17.0 Å². The molecular formula is C24H18F2N2O4. The number of aromatic nitrogens is 1. The predicted octanol–water partition coefficient (Wildman–Crippen LogP) is 4.30. The van der Waals surface area contributed by atoms with Crippen molar-refractivity contribution in [2.75, 3.05) is 12.0 Å². The van der Waals surface area contributed by atoms with Crippen molar-refractivity contribution >= 4 is 23.1 Å². The number of aliphatic hydroxyl groups excluding tert-OH is 1. The van der Waals surface area contributed by atoms with Gasteiger partial charge in [0.1, 0.15) is 17.6 Å². The lowest BCUT2D eigenvalue weighted by Gasteiger charge is -2.24. The van der Waals surface area contributed by atoms with Crippen LogP contribution in [0.4, 0.5) is 14.5 Å². The molecule has 2 aromatic carbocycles. The SMILES string of the molecule is COc1ccc(/C(O)=C2\C(=O)C(=O)N(c3ccc(F)c(F)c3)C2c2ccccn2)c(C)c1. The van der Waals surface area contributed by atoms with E-state index in [9.17, 15) is 23.5 Å². The molecule has 1 saturated heterocycles. The van der Waals surface area contributed by atoms with Gasteiger partial charge in [0.2, 0.25) is 0 Å². The van der Waals surface area contributed by atoms with Crippen LogP contribution in [0.15, 0.2) is 66.4 Å². The van der Waals surface area contributed by atoms with Crippen molar-refractivity contribution < 1.29 is 28.2 Å². The lowest BCUT2D eigenvalue weighted by Crippen LogP contribution is -2.30. The van der Waals surface area contributed by atoms with E-state index in [2.05, 4.69) is 4.98 Å². The molecule has 0 bridgehead atoms. The molecule has 162 valence electrons. The van der Waals surface area contributed by atoms with Gasteiger partial charge in [-0.3, -0.25) is 19.5 Å². The second-order valence-corrected chi connectivity index (χ2v) is 7.20. The molecular weight excluding hydrogens is 418 g/mol. The average Bonchev–Trinajstić information content (AvgIpc) is 3.06. The van der Waals surface area contributed by atoms with Crippen LogP contribution >= 0.6 is 0 Å². The van der Waals surface area contributed by atoms with Crippen molar-refractivity contribution in [2.24, 2.45) is 0 Å². The first-order valence-electron chi connectivity index (χ1n) is 9.65. The highest BCUT2D eigenvalue weighted by Crippen LogP contribution is 2.42. The van der Waals surface area contributed by atoms with E-state index in [1.54, 1.807) is 43.3 Å². The Bertz CT molecular complexity index is 1260. The van der Waals surface area contributed by atoms with Crippen LogP contribution in [-0.4, -0.2) is 28.9 Å². The summed E-state index contributed by atoms with van der Waals surface area (Å²) in [5, 5.41) is 11.1. The van der Waals surface area contributed by atoms with Gasteiger partial charge in [-0.2, -0.15) is 0 Å². The van der Waals surface area contributed by atoms with E-state index >= 15 is 0 Å². The molecule has 6 nitrogen and oxygen atoms in total. The number of halogens is 2. The molecule has 1 unspecified atom stereocenters. The van der Waals surface area contributed by atoms with Crippen molar-refractivity contribution in [2.45, 2.75) is 13.0 Å². The molecule has 1 aliphatic rings. The molecule has 1 atom stereocenters. The standard InChI is InChI=1S/C24H18F2N2O4/c1-13-11-15(32-2)7-8-16(13)22(29)20-21(19-5-3-4-10-27-19)28(24(31)23(20)30)14-6-9-17(25)18(26)12-14/h3-12,21,29H,1-2H3/b22-20+. The topological polar surface area (TPSA) is 79.7 Å². The average molecular weight is 436 g/mol. The summed E-state index contributed by atoms with van der Waals surface area (Å²) >= 11 is 0. The van der Waals surface area contributed by atoms with Gasteiger partial charge in [-0.1, -0.05) is 6.07 Å². The first-order valence-corrected chi connectivity index (χ1v) is 9.65. The van der Waals surface area contributed by atoms with Gasteiger partial charge < -0.3 is 9.84 Å².